The predicted molar refractivity (Wildman–Crippen MR) is 147 cm³/mol. The summed E-state index contributed by atoms with van der Waals surface area (Å²) in [6.07, 6.45) is 2.96. The highest BCUT2D eigenvalue weighted by Crippen LogP contribution is 2.39. The van der Waals surface area contributed by atoms with E-state index in [0.29, 0.717) is 11.6 Å². The molecule has 0 amide bonds. The zero-order chi connectivity index (χ0) is 28.8. The van der Waals surface area contributed by atoms with Crippen molar-refractivity contribution in [2.75, 3.05) is 5.32 Å². The van der Waals surface area contributed by atoms with E-state index >= 15 is 4.39 Å². The zero-order valence-electron chi connectivity index (χ0n) is 23.0. The van der Waals surface area contributed by atoms with Gasteiger partial charge in [0, 0.05) is 17.5 Å². The van der Waals surface area contributed by atoms with Gasteiger partial charge in [-0.25, -0.2) is 22.9 Å². The van der Waals surface area contributed by atoms with Gasteiger partial charge in [-0.15, -0.1) is 0 Å². The van der Waals surface area contributed by atoms with Gasteiger partial charge in [0.25, 0.3) is 8.32 Å². The minimum absolute atomic E-state index is 0.0956. The van der Waals surface area contributed by atoms with Crippen LogP contribution in [0.3, 0.4) is 0 Å². The highest BCUT2D eigenvalue weighted by molar-refractivity contribution is 6.74. The van der Waals surface area contributed by atoms with E-state index in [1.54, 1.807) is 30.3 Å². The summed E-state index contributed by atoms with van der Waals surface area (Å²) in [5.41, 5.74) is 0.257. The van der Waals surface area contributed by atoms with Gasteiger partial charge in [-0.1, -0.05) is 32.9 Å². The van der Waals surface area contributed by atoms with Crippen molar-refractivity contribution in [3.05, 3.63) is 95.5 Å². The molecular formula is C30H31F3N3O3Si+. The van der Waals surface area contributed by atoms with Gasteiger partial charge in [0.05, 0.1) is 12.7 Å². The van der Waals surface area contributed by atoms with Crippen LogP contribution in [0.5, 0.6) is 5.75 Å². The first-order chi connectivity index (χ1) is 18.9. The Hall–Kier alpha value is -3.92. The Labute approximate surface area is 232 Å². The number of benzene rings is 2. The van der Waals surface area contributed by atoms with E-state index in [1.165, 1.54) is 23.1 Å². The second-order valence-corrected chi connectivity index (χ2v) is 16.2. The van der Waals surface area contributed by atoms with Gasteiger partial charge in [0.2, 0.25) is 6.04 Å². The largest absolute Gasteiger partial charge is 0.542 e. The van der Waals surface area contributed by atoms with Crippen LogP contribution in [0.25, 0.3) is 11.3 Å². The second kappa shape index (κ2) is 10.2. The van der Waals surface area contributed by atoms with Gasteiger partial charge in [-0.3, -0.25) is 5.32 Å². The highest BCUT2D eigenvalue weighted by Gasteiger charge is 2.43. The molecule has 0 radical (unpaired) electrons. The molecule has 0 saturated heterocycles. The molecule has 0 spiro atoms. The number of furan rings is 1. The van der Waals surface area contributed by atoms with Crippen molar-refractivity contribution in [2.24, 2.45) is 0 Å². The molecule has 10 heteroatoms. The number of aromatic nitrogens is 2. The van der Waals surface area contributed by atoms with Gasteiger partial charge in [0.1, 0.15) is 40.7 Å². The topological polar surface area (TPSA) is 68.2 Å². The van der Waals surface area contributed by atoms with E-state index in [-0.39, 0.29) is 52.1 Å². The van der Waals surface area contributed by atoms with E-state index in [4.69, 9.17) is 8.84 Å². The lowest BCUT2D eigenvalue weighted by atomic mass is 10.1. The molecule has 1 unspecified atom stereocenters. The molecule has 3 heterocycles. The molecule has 1 atom stereocenters. The number of rotatable bonds is 7. The Morgan fingerprint density at radius 1 is 1.05 bits per heavy atom. The average molecular weight is 567 g/mol. The summed E-state index contributed by atoms with van der Waals surface area (Å²) in [4.78, 5) is 18.1. The van der Waals surface area contributed by atoms with Crippen LogP contribution in [0.15, 0.2) is 65.4 Å². The summed E-state index contributed by atoms with van der Waals surface area (Å²) in [6.45, 7) is 10.2. The second-order valence-electron chi connectivity index (χ2n) is 11.5. The number of nitrogens with zero attached hydrogens (tertiary/aromatic N) is 2. The monoisotopic (exact) mass is 566 g/mol. The molecule has 2 aromatic carbocycles. The maximum atomic E-state index is 16.0. The molecule has 0 saturated carbocycles. The lowest BCUT2D eigenvalue weighted by Crippen LogP contribution is -2.44. The first kappa shape index (κ1) is 27.6. The fourth-order valence-electron chi connectivity index (χ4n) is 4.38. The average Bonchev–Trinajstić information content (AvgIpc) is 3.50. The van der Waals surface area contributed by atoms with Crippen LogP contribution in [0.4, 0.5) is 19.0 Å². The third-order valence-corrected chi connectivity index (χ3v) is 12.0. The van der Waals surface area contributed by atoms with Crippen LogP contribution < -0.4 is 14.3 Å². The molecule has 4 aromatic rings. The molecule has 208 valence electrons. The number of carbonyl (C=O) groups is 1. The van der Waals surface area contributed by atoms with Crippen molar-refractivity contribution in [3.8, 4) is 17.0 Å². The van der Waals surface area contributed by atoms with E-state index in [0.717, 1.165) is 12.1 Å². The highest BCUT2D eigenvalue weighted by atomic mass is 28.4. The minimum atomic E-state index is -2.37. The smallest absolute Gasteiger partial charge is 0.359 e. The number of hydrogen-bond donors (Lipinski definition) is 1. The molecule has 2 aromatic heterocycles. The van der Waals surface area contributed by atoms with Crippen LogP contribution in [-0.2, 0) is 12.8 Å². The van der Waals surface area contributed by atoms with Gasteiger partial charge >= 0.3 is 11.7 Å². The lowest BCUT2D eigenvalue weighted by Gasteiger charge is -2.36. The van der Waals surface area contributed by atoms with Crippen LogP contribution in [0, 0.1) is 17.5 Å². The van der Waals surface area contributed by atoms with E-state index in [2.05, 4.69) is 31.1 Å². The van der Waals surface area contributed by atoms with Crippen molar-refractivity contribution < 1.29 is 31.4 Å². The van der Waals surface area contributed by atoms with Crippen LogP contribution >= 0.6 is 0 Å². The number of halogens is 3. The van der Waals surface area contributed by atoms with Gasteiger partial charge in [-0.2, -0.15) is 4.57 Å². The molecule has 0 fully saturated rings. The van der Waals surface area contributed by atoms with Crippen LogP contribution in [-0.4, -0.2) is 25.3 Å². The maximum Gasteiger partial charge on any atom is 0.359 e. The summed E-state index contributed by atoms with van der Waals surface area (Å²) in [5, 5.41) is 2.98. The van der Waals surface area contributed by atoms with Crippen LogP contribution in [0.1, 0.15) is 42.6 Å². The normalized spacial score (nSPS) is 15.2. The molecule has 5 rings (SSSR count). The van der Waals surface area contributed by atoms with Crippen molar-refractivity contribution in [3.63, 3.8) is 0 Å². The van der Waals surface area contributed by atoms with Gasteiger partial charge < -0.3 is 8.84 Å². The first-order valence-electron chi connectivity index (χ1n) is 13.1. The molecule has 1 aliphatic rings. The zero-order valence-corrected chi connectivity index (χ0v) is 24.0. The quantitative estimate of drug-likeness (QED) is 0.199. The van der Waals surface area contributed by atoms with E-state index in [1.807, 2.05) is 13.1 Å². The first-order valence-corrected chi connectivity index (χ1v) is 16.0. The van der Waals surface area contributed by atoms with Gasteiger partial charge in [0.15, 0.2) is 5.82 Å². The van der Waals surface area contributed by atoms with E-state index in [9.17, 15) is 13.6 Å². The minimum Gasteiger partial charge on any atom is -0.542 e. The summed E-state index contributed by atoms with van der Waals surface area (Å²) >= 11 is 0. The molecular weight excluding hydrogens is 535 g/mol. The molecule has 0 bridgehead atoms. The van der Waals surface area contributed by atoms with Crippen LogP contribution in [0.2, 0.25) is 18.1 Å². The Bertz CT molecular complexity index is 1560. The number of nitrogens with one attached hydrogen (secondary N) is 1. The Morgan fingerprint density at radius 2 is 1.75 bits per heavy atom. The number of hydrogen-bond acceptors (Lipinski definition) is 5. The van der Waals surface area contributed by atoms with E-state index < -0.39 is 31.8 Å². The van der Waals surface area contributed by atoms with Crippen molar-refractivity contribution in [1.29, 1.82) is 0 Å². The summed E-state index contributed by atoms with van der Waals surface area (Å²) in [7, 11) is -2.37. The predicted octanol–water partition coefficient (Wildman–Crippen LogP) is 6.70. The standard InChI is InChI=1S/C30H30F3N3O3Si/c1-30(2,3)40(4,5)39-26-13-6-10-19(27(26)33)25-17-36-28(35-24(29(36)37)15-18-9-8-14-38-18)23(34-25)16-20-21(31)11-7-12-22(20)32/h6-14,17,24H,15-16H2,1-5H3/p+1. The maximum absolute atomic E-state index is 16.0. The lowest BCUT2D eigenvalue weighted by molar-refractivity contribution is -0.552. The van der Waals surface area contributed by atoms with Gasteiger partial charge in [-0.05, 0) is 54.5 Å². The fourth-order valence-corrected chi connectivity index (χ4v) is 5.39. The summed E-state index contributed by atoms with van der Waals surface area (Å²) < 4.78 is 58.2. The molecule has 40 heavy (non-hydrogen) atoms. The fraction of sp³-hybridized carbons (Fsp3) is 0.300. The molecule has 1 aliphatic heterocycles. The third kappa shape index (κ3) is 5.15. The Kier molecular flexibility index (Phi) is 7.07. The number of anilines is 1. The summed E-state index contributed by atoms with van der Waals surface area (Å²) in [6, 6.07) is 11.2. The number of carbonyl (C=O) groups excluding carboxylic acids is 1. The van der Waals surface area contributed by atoms with Crippen molar-refractivity contribution >= 4 is 20.0 Å². The third-order valence-electron chi connectivity index (χ3n) is 7.67. The Balaban J connectivity index is 1.60. The molecule has 0 aliphatic carbocycles. The Morgan fingerprint density at radius 3 is 2.40 bits per heavy atom. The molecule has 1 N–H and O–H groups in total. The van der Waals surface area contributed by atoms with Crippen molar-refractivity contribution in [1.82, 2.24) is 4.98 Å². The van der Waals surface area contributed by atoms with Crippen molar-refractivity contribution in [2.45, 2.75) is 57.8 Å². The molecule has 6 nitrogen and oxygen atoms in total. The number of fused-ring (bicyclic) bond motifs is 1. The summed E-state index contributed by atoms with van der Waals surface area (Å²) in [5.74, 6) is -1.43. The SMILES string of the molecule is CC(C)(C)[Si](C)(C)Oc1cccc(-c2c[n+]3c(c(Cc4c(F)cccc4F)n2)NC(Cc2ccco2)C3=O)c1F.